The average Bonchev–Trinajstić information content (AvgIpc) is 3.31. The minimum absolute atomic E-state index is 0.0608. The lowest BCUT2D eigenvalue weighted by Crippen LogP contribution is -2.53. The van der Waals surface area contributed by atoms with Crippen LogP contribution in [0.1, 0.15) is 53.3 Å². The predicted molar refractivity (Wildman–Crippen MR) is 121 cm³/mol. The number of piperazine rings is 1. The van der Waals surface area contributed by atoms with Crippen LogP contribution < -0.4 is 5.56 Å². The van der Waals surface area contributed by atoms with Crippen molar-refractivity contribution in [2.24, 2.45) is 0 Å². The Morgan fingerprint density at radius 2 is 1.81 bits per heavy atom. The number of carbonyl (C=O) groups excluding carboxylic acids is 1. The molecule has 2 atom stereocenters. The monoisotopic (exact) mass is 435 g/mol. The second-order valence-electron chi connectivity index (χ2n) is 9.62. The van der Waals surface area contributed by atoms with Gasteiger partial charge in [-0.1, -0.05) is 0 Å². The first-order chi connectivity index (χ1) is 15.5. The maximum atomic E-state index is 13.5. The molecule has 3 fully saturated rings. The van der Waals surface area contributed by atoms with Crippen molar-refractivity contribution in [1.29, 1.82) is 0 Å². The SMILES string of the molecule is Cc1cc2c(cc1C(=O)N1C[C@H]3CC[C@@H](C1)N3C)[nH]c(=O)c1cnc(C3CCOCC3)n12. The fourth-order valence-corrected chi connectivity index (χ4v) is 5.87. The Labute approximate surface area is 186 Å². The fourth-order valence-electron chi connectivity index (χ4n) is 5.87. The Bertz CT molecular complexity index is 1260. The summed E-state index contributed by atoms with van der Waals surface area (Å²) in [5.74, 6) is 1.23. The van der Waals surface area contributed by atoms with E-state index >= 15 is 0 Å². The number of aryl methyl sites for hydroxylation is 1. The second kappa shape index (κ2) is 7.42. The van der Waals surface area contributed by atoms with Crippen LogP contribution in [-0.4, -0.2) is 75.5 Å². The molecule has 6 rings (SSSR count). The Kier molecular flexibility index (Phi) is 4.62. The summed E-state index contributed by atoms with van der Waals surface area (Å²) in [6.45, 7) is 4.96. The summed E-state index contributed by atoms with van der Waals surface area (Å²) < 4.78 is 7.50. The molecule has 0 saturated carbocycles. The molecule has 2 aromatic heterocycles. The van der Waals surface area contributed by atoms with Crippen LogP contribution in [0.3, 0.4) is 0 Å². The zero-order chi connectivity index (χ0) is 22.0. The number of nitrogens with one attached hydrogen (secondary N) is 1. The van der Waals surface area contributed by atoms with Gasteiger partial charge in [-0.05, 0) is 57.4 Å². The molecule has 0 radical (unpaired) electrons. The Morgan fingerprint density at radius 1 is 1.09 bits per heavy atom. The van der Waals surface area contributed by atoms with E-state index in [1.807, 2.05) is 28.4 Å². The number of hydrogen-bond acceptors (Lipinski definition) is 5. The van der Waals surface area contributed by atoms with Crippen LogP contribution in [0.4, 0.5) is 0 Å². The van der Waals surface area contributed by atoms with E-state index in [1.165, 1.54) is 0 Å². The molecule has 0 aliphatic carbocycles. The molecule has 8 heteroatoms. The molecule has 168 valence electrons. The van der Waals surface area contributed by atoms with Crippen molar-refractivity contribution >= 4 is 22.5 Å². The maximum absolute atomic E-state index is 13.5. The highest BCUT2D eigenvalue weighted by Crippen LogP contribution is 2.31. The quantitative estimate of drug-likeness (QED) is 0.668. The molecule has 1 aromatic carbocycles. The number of carbonyl (C=O) groups is 1. The fraction of sp³-hybridized carbons (Fsp3) is 0.542. The zero-order valence-corrected chi connectivity index (χ0v) is 18.6. The van der Waals surface area contributed by atoms with Gasteiger partial charge < -0.3 is 14.6 Å². The van der Waals surface area contributed by atoms with Gasteiger partial charge in [-0.3, -0.25) is 18.9 Å². The van der Waals surface area contributed by atoms with Gasteiger partial charge in [-0.2, -0.15) is 0 Å². The van der Waals surface area contributed by atoms with E-state index < -0.39 is 0 Å². The third kappa shape index (κ3) is 3.00. The number of aromatic nitrogens is 3. The molecule has 0 unspecified atom stereocenters. The smallest absolute Gasteiger partial charge is 0.274 e. The van der Waals surface area contributed by atoms with E-state index in [2.05, 4.69) is 21.9 Å². The summed E-state index contributed by atoms with van der Waals surface area (Å²) in [5, 5.41) is 0. The van der Waals surface area contributed by atoms with E-state index in [4.69, 9.17) is 4.74 Å². The van der Waals surface area contributed by atoms with Crippen LogP contribution in [0.15, 0.2) is 23.1 Å². The van der Waals surface area contributed by atoms with Gasteiger partial charge in [-0.25, -0.2) is 4.98 Å². The largest absolute Gasteiger partial charge is 0.381 e. The molecule has 0 spiro atoms. The van der Waals surface area contributed by atoms with Crippen molar-refractivity contribution in [2.75, 3.05) is 33.4 Å². The number of benzene rings is 1. The maximum Gasteiger partial charge on any atom is 0.274 e. The van der Waals surface area contributed by atoms with Crippen LogP contribution in [0.25, 0.3) is 16.6 Å². The third-order valence-electron chi connectivity index (χ3n) is 7.80. The number of likely N-dealkylation sites (N-methyl/N-ethyl adjacent to an activating group) is 1. The van der Waals surface area contributed by atoms with Crippen molar-refractivity contribution in [3.05, 3.63) is 45.6 Å². The van der Waals surface area contributed by atoms with E-state index in [9.17, 15) is 9.59 Å². The summed E-state index contributed by atoms with van der Waals surface area (Å²) in [4.78, 5) is 38.4. The normalized spacial score (nSPS) is 24.6. The van der Waals surface area contributed by atoms with Crippen molar-refractivity contribution in [1.82, 2.24) is 24.2 Å². The lowest BCUT2D eigenvalue weighted by Gasteiger charge is -2.39. The lowest BCUT2D eigenvalue weighted by atomic mass is 9.99. The molecule has 1 amide bonds. The van der Waals surface area contributed by atoms with Crippen molar-refractivity contribution in [3.63, 3.8) is 0 Å². The number of imidazole rings is 1. The Hall–Kier alpha value is -2.71. The van der Waals surface area contributed by atoms with E-state index in [1.54, 1.807) is 6.20 Å². The number of aromatic amines is 1. The minimum atomic E-state index is -0.178. The number of rotatable bonds is 2. The van der Waals surface area contributed by atoms with Gasteiger partial charge in [0, 0.05) is 49.9 Å². The highest BCUT2D eigenvalue weighted by molar-refractivity contribution is 5.99. The lowest BCUT2D eigenvalue weighted by molar-refractivity contribution is 0.0523. The van der Waals surface area contributed by atoms with Crippen molar-refractivity contribution in [3.8, 4) is 0 Å². The van der Waals surface area contributed by atoms with Crippen LogP contribution in [0, 0.1) is 6.92 Å². The molecular formula is C24H29N5O3. The first-order valence-electron chi connectivity index (χ1n) is 11.6. The first kappa shape index (κ1) is 19.9. The molecule has 8 nitrogen and oxygen atoms in total. The molecule has 3 aliphatic rings. The minimum Gasteiger partial charge on any atom is -0.381 e. The molecule has 3 saturated heterocycles. The summed E-state index contributed by atoms with van der Waals surface area (Å²) >= 11 is 0. The number of amides is 1. The van der Waals surface area contributed by atoms with Crippen LogP contribution in [0.2, 0.25) is 0 Å². The van der Waals surface area contributed by atoms with E-state index in [-0.39, 0.29) is 17.4 Å². The van der Waals surface area contributed by atoms with Crippen LogP contribution in [0.5, 0.6) is 0 Å². The number of hydrogen-bond donors (Lipinski definition) is 1. The average molecular weight is 436 g/mol. The molecule has 1 N–H and O–H groups in total. The molecule has 32 heavy (non-hydrogen) atoms. The molecule has 3 aliphatic heterocycles. The van der Waals surface area contributed by atoms with Crippen LogP contribution in [-0.2, 0) is 4.74 Å². The highest BCUT2D eigenvalue weighted by Gasteiger charge is 2.39. The Balaban J connectivity index is 1.44. The molecule has 3 aromatic rings. The van der Waals surface area contributed by atoms with Crippen molar-refractivity contribution in [2.45, 2.75) is 50.6 Å². The third-order valence-corrected chi connectivity index (χ3v) is 7.80. The topological polar surface area (TPSA) is 82.9 Å². The second-order valence-corrected chi connectivity index (χ2v) is 9.62. The van der Waals surface area contributed by atoms with Gasteiger partial charge >= 0.3 is 0 Å². The van der Waals surface area contributed by atoms with Gasteiger partial charge in [0.05, 0.1) is 17.2 Å². The summed E-state index contributed by atoms with van der Waals surface area (Å²) in [7, 11) is 2.17. The molecule has 2 bridgehead atoms. The summed E-state index contributed by atoms with van der Waals surface area (Å²) in [6.07, 6.45) is 5.77. The molecule has 5 heterocycles. The molecular weight excluding hydrogens is 406 g/mol. The predicted octanol–water partition coefficient (Wildman–Crippen LogP) is 2.30. The standard InChI is InChI=1S/C24H29N5O3/c1-14-9-20-19(10-18(14)24(31)28-12-16-3-4-17(13-28)27(16)2)26-23(30)21-11-25-22(29(20)21)15-5-7-32-8-6-15/h9-11,15-17H,3-8,12-13H2,1-2H3,(H,26,30)/t16-,17+. The van der Waals surface area contributed by atoms with Crippen LogP contribution >= 0.6 is 0 Å². The van der Waals surface area contributed by atoms with E-state index in [0.717, 1.165) is 55.7 Å². The van der Waals surface area contributed by atoms with Gasteiger partial charge in [0.2, 0.25) is 0 Å². The number of H-pyrrole nitrogens is 1. The van der Waals surface area contributed by atoms with Gasteiger partial charge in [-0.15, -0.1) is 0 Å². The van der Waals surface area contributed by atoms with E-state index in [0.29, 0.717) is 41.9 Å². The number of nitrogens with zero attached hydrogens (tertiary/aromatic N) is 4. The first-order valence-corrected chi connectivity index (χ1v) is 11.6. The number of ether oxygens (including phenoxy) is 1. The van der Waals surface area contributed by atoms with Gasteiger partial charge in [0.25, 0.3) is 11.5 Å². The summed E-state index contributed by atoms with van der Waals surface area (Å²) in [6, 6.07) is 4.79. The Morgan fingerprint density at radius 3 is 2.53 bits per heavy atom. The van der Waals surface area contributed by atoms with Gasteiger partial charge in [0.15, 0.2) is 0 Å². The number of fused-ring (bicyclic) bond motifs is 5. The number of likely N-dealkylation sites (tertiary alicyclic amines) is 1. The van der Waals surface area contributed by atoms with Crippen molar-refractivity contribution < 1.29 is 9.53 Å². The zero-order valence-electron chi connectivity index (χ0n) is 18.6. The highest BCUT2D eigenvalue weighted by atomic mass is 16.5. The summed E-state index contributed by atoms with van der Waals surface area (Å²) in [5.41, 5.74) is 3.54. The van der Waals surface area contributed by atoms with Gasteiger partial charge in [0.1, 0.15) is 11.3 Å².